The Morgan fingerprint density at radius 1 is 1.28 bits per heavy atom. The fraction of sp³-hybridized carbons (Fsp3) is 0.286. The van der Waals surface area contributed by atoms with Gasteiger partial charge in [-0.2, -0.15) is 0 Å². The van der Waals surface area contributed by atoms with Gasteiger partial charge in [0.05, 0.1) is 2.88 Å². The molecule has 2 aromatic rings. The third kappa shape index (κ3) is 2.59. The van der Waals surface area contributed by atoms with Crippen molar-refractivity contribution in [2.24, 2.45) is 0 Å². The zero-order valence-corrected chi connectivity index (χ0v) is 13.5. The van der Waals surface area contributed by atoms with Gasteiger partial charge >= 0.3 is 0 Å². The Morgan fingerprint density at radius 3 is 2.83 bits per heavy atom. The minimum absolute atomic E-state index is 0.507. The predicted octanol–water partition coefficient (Wildman–Crippen LogP) is 4.63. The van der Waals surface area contributed by atoms with Gasteiger partial charge in [-0.1, -0.05) is 23.7 Å². The van der Waals surface area contributed by atoms with Gasteiger partial charge in [-0.25, -0.2) is 0 Å². The highest BCUT2D eigenvalue weighted by molar-refractivity contribution is 14.1. The third-order valence-corrected chi connectivity index (χ3v) is 5.52. The first-order chi connectivity index (χ1) is 8.74. The Morgan fingerprint density at radius 2 is 2.06 bits per heavy atom. The predicted molar refractivity (Wildman–Crippen MR) is 86.7 cm³/mol. The van der Waals surface area contributed by atoms with Gasteiger partial charge in [-0.15, -0.1) is 11.3 Å². The molecule has 1 N–H and O–H groups in total. The van der Waals surface area contributed by atoms with Crippen molar-refractivity contribution >= 4 is 45.5 Å². The molecule has 0 spiro atoms. The second-order valence-corrected chi connectivity index (χ2v) is 7.97. The Labute approximate surface area is 130 Å². The summed E-state index contributed by atoms with van der Waals surface area (Å²) in [7, 11) is 0. The summed E-state index contributed by atoms with van der Waals surface area (Å²) in [5.41, 5.74) is 2.87. The summed E-state index contributed by atoms with van der Waals surface area (Å²) < 4.78 is 1.38. The molecule has 94 valence electrons. The molecular formula is C14H13ClINS. The summed E-state index contributed by atoms with van der Waals surface area (Å²) in [5.74, 6) is 0.507. The molecule has 1 unspecified atom stereocenters. The fourth-order valence-electron chi connectivity index (χ4n) is 2.49. The molecule has 0 saturated heterocycles. The van der Waals surface area contributed by atoms with Crippen molar-refractivity contribution in [2.45, 2.75) is 18.9 Å². The number of nitrogens with one attached hydrogen (secondary N) is 1. The van der Waals surface area contributed by atoms with Crippen LogP contribution in [0.3, 0.4) is 0 Å². The average Bonchev–Trinajstić information content (AvgIpc) is 2.61. The van der Waals surface area contributed by atoms with E-state index in [1.54, 1.807) is 0 Å². The third-order valence-electron chi connectivity index (χ3n) is 3.35. The average molecular weight is 390 g/mol. The number of rotatable bonds is 1. The molecule has 0 fully saturated rings. The van der Waals surface area contributed by atoms with E-state index in [-0.39, 0.29) is 0 Å². The summed E-state index contributed by atoms with van der Waals surface area (Å²) in [6.07, 6.45) is 1.15. The van der Waals surface area contributed by atoms with Crippen LogP contribution in [0.2, 0.25) is 5.02 Å². The summed E-state index contributed by atoms with van der Waals surface area (Å²) in [6, 6.07) is 10.6. The van der Waals surface area contributed by atoms with E-state index >= 15 is 0 Å². The first kappa shape index (κ1) is 12.9. The van der Waals surface area contributed by atoms with Gasteiger partial charge in [0.2, 0.25) is 0 Å². The molecule has 4 heteroatoms. The van der Waals surface area contributed by atoms with E-state index in [1.807, 2.05) is 23.5 Å². The lowest BCUT2D eigenvalue weighted by Crippen LogP contribution is -2.12. The van der Waals surface area contributed by atoms with Crippen molar-refractivity contribution in [2.75, 3.05) is 6.54 Å². The molecule has 1 aromatic heterocycles. The van der Waals surface area contributed by atoms with Crippen LogP contribution in [0.5, 0.6) is 0 Å². The number of hydrogen-bond acceptors (Lipinski definition) is 2. The highest BCUT2D eigenvalue weighted by atomic mass is 127. The Kier molecular flexibility index (Phi) is 3.94. The van der Waals surface area contributed by atoms with E-state index in [0.29, 0.717) is 5.92 Å². The maximum Gasteiger partial charge on any atom is 0.0659 e. The van der Waals surface area contributed by atoms with E-state index in [1.165, 1.54) is 18.9 Å². The molecule has 0 amide bonds. The maximum atomic E-state index is 5.98. The van der Waals surface area contributed by atoms with E-state index in [4.69, 9.17) is 11.6 Å². The van der Waals surface area contributed by atoms with Crippen molar-refractivity contribution in [1.82, 2.24) is 5.32 Å². The van der Waals surface area contributed by atoms with Crippen LogP contribution in [-0.2, 0) is 6.54 Å². The zero-order chi connectivity index (χ0) is 12.5. The Hall–Kier alpha value is -0.100. The van der Waals surface area contributed by atoms with Crippen LogP contribution in [0, 0.1) is 2.88 Å². The topological polar surface area (TPSA) is 12.0 Å². The van der Waals surface area contributed by atoms with Crippen molar-refractivity contribution in [3.8, 4) is 0 Å². The number of halogens is 2. The van der Waals surface area contributed by atoms with Gasteiger partial charge in [0.1, 0.15) is 0 Å². The standard InChI is InChI=1S/C14H13ClINS/c15-10-3-1-9(2-4-10)11-5-6-17-8-13-12(11)7-14(16)18-13/h1-4,7,11,17H,5-6,8H2. The lowest BCUT2D eigenvalue weighted by Gasteiger charge is -2.15. The number of fused-ring (bicyclic) bond motifs is 1. The van der Waals surface area contributed by atoms with Gasteiger partial charge in [-0.05, 0) is 64.9 Å². The number of hydrogen-bond donors (Lipinski definition) is 1. The van der Waals surface area contributed by atoms with E-state index < -0.39 is 0 Å². The molecule has 0 bridgehead atoms. The van der Waals surface area contributed by atoms with Gasteiger partial charge in [0, 0.05) is 22.4 Å². The molecular weight excluding hydrogens is 377 g/mol. The second kappa shape index (κ2) is 5.49. The quantitative estimate of drug-likeness (QED) is 0.701. The molecule has 0 radical (unpaired) electrons. The van der Waals surface area contributed by atoms with Gasteiger partial charge in [0.25, 0.3) is 0 Å². The van der Waals surface area contributed by atoms with Gasteiger partial charge in [-0.3, -0.25) is 0 Å². The second-order valence-electron chi connectivity index (χ2n) is 4.50. The first-order valence-corrected chi connectivity index (χ1v) is 8.25. The SMILES string of the molecule is Clc1ccc(C2CCNCc3sc(I)cc32)cc1. The lowest BCUT2D eigenvalue weighted by atomic mass is 9.89. The minimum atomic E-state index is 0.507. The van der Waals surface area contributed by atoms with Crippen molar-refractivity contribution in [1.29, 1.82) is 0 Å². The monoisotopic (exact) mass is 389 g/mol. The molecule has 1 nitrogen and oxygen atoms in total. The summed E-state index contributed by atoms with van der Waals surface area (Å²) in [5, 5.41) is 4.32. The molecule has 2 heterocycles. The summed E-state index contributed by atoms with van der Waals surface area (Å²) in [4.78, 5) is 1.48. The Bertz CT molecular complexity index is 549. The summed E-state index contributed by atoms with van der Waals surface area (Å²) in [6.45, 7) is 2.08. The molecule has 1 atom stereocenters. The molecule has 1 aliphatic heterocycles. The van der Waals surface area contributed by atoms with Crippen molar-refractivity contribution < 1.29 is 0 Å². The summed E-state index contributed by atoms with van der Waals surface area (Å²) >= 11 is 10.3. The van der Waals surface area contributed by atoms with Crippen LogP contribution in [0.15, 0.2) is 30.3 Å². The van der Waals surface area contributed by atoms with Crippen LogP contribution in [0.4, 0.5) is 0 Å². The van der Waals surface area contributed by atoms with Crippen LogP contribution in [0.25, 0.3) is 0 Å². The number of benzene rings is 1. The lowest BCUT2D eigenvalue weighted by molar-refractivity contribution is 0.648. The maximum absolute atomic E-state index is 5.98. The first-order valence-electron chi connectivity index (χ1n) is 5.98. The normalized spacial score (nSPS) is 19.3. The molecule has 3 rings (SSSR count). The van der Waals surface area contributed by atoms with E-state index in [9.17, 15) is 0 Å². The van der Waals surface area contributed by atoms with Crippen LogP contribution < -0.4 is 5.32 Å². The van der Waals surface area contributed by atoms with Crippen LogP contribution >= 0.6 is 45.5 Å². The molecule has 1 aromatic carbocycles. The van der Waals surface area contributed by atoms with E-state index in [0.717, 1.165) is 24.5 Å². The highest BCUT2D eigenvalue weighted by Crippen LogP contribution is 2.37. The van der Waals surface area contributed by atoms with E-state index in [2.05, 4.69) is 46.1 Å². The van der Waals surface area contributed by atoms with Crippen LogP contribution in [0.1, 0.15) is 28.3 Å². The van der Waals surface area contributed by atoms with Crippen LogP contribution in [-0.4, -0.2) is 6.54 Å². The Balaban J connectivity index is 2.03. The molecule has 0 aliphatic carbocycles. The highest BCUT2D eigenvalue weighted by Gasteiger charge is 2.22. The largest absolute Gasteiger partial charge is 0.312 e. The minimum Gasteiger partial charge on any atom is -0.312 e. The van der Waals surface area contributed by atoms with Gasteiger partial charge in [0.15, 0.2) is 0 Å². The van der Waals surface area contributed by atoms with Crippen molar-refractivity contribution in [3.63, 3.8) is 0 Å². The molecule has 18 heavy (non-hydrogen) atoms. The fourth-order valence-corrected chi connectivity index (χ4v) is 4.66. The smallest absolute Gasteiger partial charge is 0.0659 e. The molecule has 1 aliphatic rings. The zero-order valence-electron chi connectivity index (χ0n) is 9.75. The van der Waals surface area contributed by atoms with Crippen molar-refractivity contribution in [3.05, 3.63) is 54.2 Å². The van der Waals surface area contributed by atoms with Gasteiger partial charge < -0.3 is 5.32 Å². The molecule has 0 saturated carbocycles. The number of thiophene rings is 1.